The van der Waals surface area contributed by atoms with Crippen LogP contribution >= 0.6 is 0 Å². The number of Topliss-reactive ketones (excluding diaryl/α,β-unsaturated/α-hetero) is 1. The molecule has 0 saturated heterocycles. The highest BCUT2D eigenvalue weighted by Crippen LogP contribution is 2.14. The standard InChI is InChI=1S/C13H19NO/c1-10(8-9-11(2)14)13(15)12-6-4-3-5-7-12/h3-7,10-11H,8-9,14H2,1-2H3. The molecule has 2 atom stereocenters. The Morgan fingerprint density at radius 1 is 1.20 bits per heavy atom. The number of benzene rings is 1. The van der Waals surface area contributed by atoms with Crippen LogP contribution in [0.25, 0.3) is 0 Å². The monoisotopic (exact) mass is 205 g/mol. The quantitative estimate of drug-likeness (QED) is 0.751. The molecule has 0 bridgehead atoms. The topological polar surface area (TPSA) is 43.1 Å². The van der Waals surface area contributed by atoms with Gasteiger partial charge in [-0.15, -0.1) is 0 Å². The molecule has 0 fully saturated rings. The van der Waals surface area contributed by atoms with Crippen molar-refractivity contribution in [1.82, 2.24) is 0 Å². The van der Waals surface area contributed by atoms with Crippen molar-refractivity contribution in [3.05, 3.63) is 35.9 Å². The number of nitrogens with two attached hydrogens (primary N) is 1. The van der Waals surface area contributed by atoms with Gasteiger partial charge in [-0.05, 0) is 19.8 Å². The third-order valence-corrected chi connectivity index (χ3v) is 2.56. The van der Waals surface area contributed by atoms with Crippen LogP contribution in [0.15, 0.2) is 30.3 Å². The number of ketones is 1. The first-order chi connectivity index (χ1) is 7.11. The average Bonchev–Trinajstić information content (AvgIpc) is 2.26. The zero-order valence-corrected chi connectivity index (χ0v) is 9.44. The lowest BCUT2D eigenvalue weighted by Crippen LogP contribution is -2.18. The molecule has 0 aliphatic rings. The maximum absolute atomic E-state index is 11.9. The second kappa shape index (κ2) is 5.66. The van der Waals surface area contributed by atoms with Crippen molar-refractivity contribution in [3.8, 4) is 0 Å². The highest BCUT2D eigenvalue weighted by atomic mass is 16.1. The van der Waals surface area contributed by atoms with Gasteiger partial charge in [0, 0.05) is 17.5 Å². The van der Waals surface area contributed by atoms with Gasteiger partial charge in [0.15, 0.2) is 5.78 Å². The number of hydrogen-bond donors (Lipinski definition) is 1. The van der Waals surface area contributed by atoms with Gasteiger partial charge in [0.1, 0.15) is 0 Å². The molecule has 1 rings (SSSR count). The molecule has 15 heavy (non-hydrogen) atoms. The maximum atomic E-state index is 11.9. The second-order valence-electron chi connectivity index (χ2n) is 4.19. The molecule has 2 nitrogen and oxygen atoms in total. The minimum atomic E-state index is 0.0680. The van der Waals surface area contributed by atoms with Crippen LogP contribution < -0.4 is 5.73 Å². The fourth-order valence-electron chi connectivity index (χ4n) is 1.53. The largest absolute Gasteiger partial charge is 0.328 e. The van der Waals surface area contributed by atoms with Crippen molar-refractivity contribution >= 4 is 5.78 Å². The van der Waals surface area contributed by atoms with Gasteiger partial charge in [0.05, 0.1) is 0 Å². The lowest BCUT2D eigenvalue weighted by Gasteiger charge is -2.11. The Kier molecular flexibility index (Phi) is 4.50. The van der Waals surface area contributed by atoms with Crippen LogP contribution in [0.2, 0.25) is 0 Å². The molecular weight excluding hydrogens is 186 g/mol. The smallest absolute Gasteiger partial charge is 0.165 e. The van der Waals surface area contributed by atoms with E-state index >= 15 is 0 Å². The van der Waals surface area contributed by atoms with Gasteiger partial charge in [-0.1, -0.05) is 37.3 Å². The molecule has 0 radical (unpaired) electrons. The molecule has 0 spiro atoms. The van der Waals surface area contributed by atoms with Crippen LogP contribution in [0.5, 0.6) is 0 Å². The molecule has 2 unspecified atom stereocenters. The summed E-state index contributed by atoms with van der Waals surface area (Å²) in [6, 6.07) is 9.62. The van der Waals surface area contributed by atoms with E-state index in [9.17, 15) is 4.79 Å². The molecule has 2 heteroatoms. The van der Waals surface area contributed by atoms with Crippen molar-refractivity contribution in [3.63, 3.8) is 0 Å². The number of carbonyl (C=O) groups is 1. The zero-order valence-electron chi connectivity index (χ0n) is 9.44. The lowest BCUT2D eigenvalue weighted by atomic mass is 9.94. The van der Waals surface area contributed by atoms with Gasteiger partial charge in [-0.3, -0.25) is 4.79 Å². The molecule has 82 valence electrons. The molecule has 0 aliphatic carbocycles. The highest BCUT2D eigenvalue weighted by Gasteiger charge is 2.14. The van der Waals surface area contributed by atoms with Crippen molar-refractivity contribution < 1.29 is 4.79 Å². The second-order valence-corrected chi connectivity index (χ2v) is 4.19. The summed E-state index contributed by atoms with van der Waals surface area (Å²) < 4.78 is 0. The van der Waals surface area contributed by atoms with E-state index in [-0.39, 0.29) is 17.7 Å². The van der Waals surface area contributed by atoms with Crippen LogP contribution in [0.1, 0.15) is 37.0 Å². The summed E-state index contributed by atoms with van der Waals surface area (Å²) in [7, 11) is 0. The van der Waals surface area contributed by atoms with Gasteiger partial charge in [-0.25, -0.2) is 0 Å². The van der Waals surface area contributed by atoms with Crippen LogP contribution in [0.4, 0.5) is 0 Å². The minimum absolute atomic E-state index is 0.0680. The van der Waals surface area contributed by atoms with Crippen molar-refractivity contribution in [2.24, 2.45) is 11.7 Å². The Balaban J connectivity index is 2.54. The van der Waals surface area contributed by atoms with Crippen LogP contribution in [-0.2, 0) is 0 Å². The summed E-state index contributed by atoms with van der Waals surface area (Å²) in [5.74, 6) is 0.287. The van der Waals surface area contributed by atoms with Gasteiger partial charge in [0.25, 0.3) is 0 Å². The highest BCUT2D eigenvalue weighted by molar-refractivity contribution is 5.97. The summed E-state index contributed by atoms with van der Waals surface area (Å²) in [4.78, 5) is 11.9. The van der Waals surface area contributed by atoms with E-state index in [1.807, 2.05) is 44.2 Å². The Bertz CT molecular complexity index is 306. The van der Waals surface area contributed by atoms with E-state index in [1.165, 1.54) is 0 Å². The summed E-state index contributed by atoms with van der Waals surface area (Å²) in [5, 5.41) is 0. The average molecular weight is 205 g/mol. The first kappa shape index (κ1) is 11.9. The lowest BCUT2D eigenvalue weighted by molar-refractivity contribution is 0.0922. The van der Waals surface area contributed by atoms with Crippen molar-refractivity contribution in [2.45, 2.75) is 32.7 Å². The third-order valence-electron chi connectivity index (χ3n) is 2.56. The van der Waals surface area contributed by atoms with E-state index < -0.39 is 0 Å². The molecule has 0 saturated carbocycles. The molecule has 2 N–H and O–H groups in total. The fourth-order valence-corrected chi connectivity index (χ4v) is 1.53. The van der Waals surface area contributed by atoms with Crippen molar-refractivity contribution in [2.75, 3.05) is 0 Å². The normalized spacial score (nSPS) is 14.6. The number of hydrogen-bond acceptors (Lipinski definition) is 2. The molecular formula is C13H19NO. The molecule has 1 aromatic rings. The summed E-state index contributed by atoms with van der Waals surface area (Å²) in [5.41, 5.74) is 6.47. The van der Waals surface area contributed by atoms with Crippen LogP contribution in [0, 0.1) is 5.92 Å². The molecule has 0 aromatic heterocycles. The minimum Gasteiger partial charge on any atom is -0.328 e. The van der Waals surface area contributed by atoms with Crippen molar-refractivity contribution in [1.29, 1.82) is 0 Å². The third kappa shape index (κ3) is 3.84. The van der Waals surface area contributed by atoms with E-state index in [0.29, 0.717) is 0 Å². The fraction of sp³-hybridized carbons (Fsp3) is 0.462. The predicted octanol–water partition coefficient (Wildman–Crippen LogP) is 2.63. The summed E-state index contributed by atoms with van der Waals surface area (Å²) in [6.07, 6.45) is 1.77. The van der Waals surface area contributed by atoms with Crippen LogP contribution in [0.3, 0.4) is 0 Å². The maximum Gasteiger partial charge on any atom is 0.165 e. The Morgan fingerprint density at radius 3 is 2.33 bits per heavy atom. The summed E-state index contributed by atoms with van der Waals surface area (Å²) >= 11 is 0. The molecule has 0 amide bonds. The van der Waals surface area contributed by atoms with E-state index in [2.05, 4.69) is 0 Å². The van der Waals surface area contributed by atoms with Gasteiger partial charge < -0.3 is 5.73 Å². The van der Waals surface area contributed by atoms with E-state index in [1.54, 1.807) is 0 Å². The first-order valence-electron chi connectivity index (χ1n) is 5.46. The first-order valence-corrected chi connectivity index (χ1v) is 5.46. The van der Waals surface area contributed by atoms with Gasteiger partial charge in [-0.2, -0.15) is 0 Å². The number of rotatable bonds is 5. The Hall–Kier alpha value is -1.15. The van der Waals surface area contributed by atoms with E-state index in [0.717, 1.165) is 18.4 Å². The number of carbonyl (C=O) groups excluding carboxylic acids is 1. The molecule has 1 aromatic carbocycles. The predicted molar refractivity (Wildman–Crippen MR) is 62.8 cm³/mol. The summed E-state index contributed by atoms with van der Waals surface area (Å²) in [6.45, 7) is 3.94. The Labute approximate surface area is 91.5 Å². The zero-order chi connectivity index (χ0) is 11.3. The van der Waals surface area contributed by atoms with Gasteiger partial charge in [0.2, 0.25) is 0 Å². The van der Waals surface area contributed by atoms with E-state index in [4.69, 9.17) is 5.73 Å². The van der Waals surface area contributed by atoms with Gasteiger partial charge >= 0.3 is 0 Å². The van der Waals surface area contributed by atoms with Crippen LogP contribution in [-0.4, -0.2) is 11.8 Å². The molecule has 0 heterocycles. The SMILES string of the molecule is CC(N)CCC(C)C(=O)c1ccccc1. The Morgan fingerprint density at radius 2 is 1.80 bits per heavy atom. The molecule has 0 aliphatic heterocycles.